The molecule has 0 N–H and O–H groups in total. The number of Topliss-reactive ketones (excluding diaryl/α,β-unsaturated/α-hetero) is 1. The maximum Gasteiger partial charge on any atom is 0.135 e. The normalized spacial score (nSPS) is 29.7. The third-order valence-corrected chi connectivity index (χ3v) is 3.15. The van der Waals surface area contributed by atoms with Crippen molar-refractivity contribution < 1.29 is 4.79 Å². The second-order valence-electron chi connectivity index (χ2n) is 4.05. The fourth-order valence-electron chi connectivity index (χ4n) is 2.12. The molecule has 70 valence electrons. The van der Waals surface area contributed by atoms with Gasteiger partial charge in [-0.1, -0.05) is 33.1 Å². The molecule has 0 bridgehead atoms. The van der Waals surface area contributed by atoms with E-state index < -0.39 is 0 Å². The zero-order valence-corrected chi connectivity index (χ0v) is 8.31. The number of carbonyl (C=O) groups excluding carboxylic acids is 1. The van der Waals surface area contributed by atoms with Crippen LogP contribution in [0.25, 0.3) is 0 Å². The Morgan fingerprint density at radius 3 is 2.67 bits per heavy atom. The molecule has 1 saturated carbocycles. The van der Waals surface area contributed by atoms with Gasteiger partial charge in [-0.05, 0) is 18.8 Å². The van der Waals surface area contributed by atoms with E-state index in [9.17, 15) is 4.79 Å². The van der Waals surface area contributed by atoms with Gasteiger partial charge < -0.3 is 0 Å². The molecule has 0 saturated heterocycles. The molecule has 0 aromatic rings. The Labute approximate surface area is 75.5 Å². The Bertz CT molecular complexity index is 151. The van der Waals surface area contributed by atoms with Crippen molar-refractivity contribution in [3.05, 3.63) is 0 Å². The number of carbonyl (C=O) groups is 1. The Hall–Kier alpha value is -0.330. The number of rotatable bonds is 4. The summed E-state index contributed by atoms with van der Waals surface area (Å²) >= 11 is 0. The van der Waals surface area contributed by atoms with Crippen molar-refractivity contribution in [3.63, 3.8) is 0 Å². The van der Waals surface area contributed by atoms with Gasteiger partial charge in [0.05, 0.1) is 0 Å². The average Bonchev–Trinajstić information content (AvgIpc) is 2.36. The predicted octanol–water partition coefficient (Wildman–Crippen LogP) is 3.18. The first-order valence-corrected chi connectivity index (χ1v) is 5.28. The molecule has 0 aromatic carbocycles. The van der Waals surface area contributed by atoms with Gasteiger partial charge in [0.15, 0.2) is 0 Å². The molecule has 0 heterocycles. The van der Waals surface area contributed by atoms with Crippen LogP contribution in [-0.2, 0) is 4.79 Å². The van der Waals surface area contributed by atoms with Crippen molar-refractivity contribution in [2.45, 2.75) is 52.4 Å². The van der Waals surface area contributed by atoms with Gasteiger partial charge in [0.25, 0.3) is 0 Å². The van der Waals surface area contributed by atoms with Crippen LogP contribution in [0.15, 0.2) is 0 Å². The zero-order chi connectivity index (χ0) is 8.97. The van der Waals surface area contributed by atoms with Gasteiger partial charge in [0, 0.05) is 12.3 Å². The highest BCUT2D eigenvalue weighted by atomic mass is 16.1. The van der Waals surface area contributed by atoms with Crippen LogP contribution in [-0.4, -0.2) is 5.78 Å². The lowest BCUT2D eigenvalue weighted by Crippen LogP contribution is -2.10. The van der Waals surface area contributed by atoms with Gasteiger partial charge in [-0.25, -0.2) is 0 Å². The highest BCUT2D eigenvalue weighted by Gasteiger charge is 2.29. The van der Waals surface area contributed by atoms with Crippen LogP contribution in [0.1, 0.15) is 52.4 Å². The monoisotopic (exact) mass is 168 g/mol. The summed E-state index contributed by atoms with van der Waals surface area (Å²) in [7, 11) is 0. The van der Waals surface area contributed by atoms with Gasteiger partial charge in [0.1, 0.15) is 5.78 Å². The molecule has 1 nitrogen and oxygen atoms in total. The van der Waals surface area contributed by atoms with Crippen LogP contribution in [0.5, 0.6) is 0 Å². The van der Waals surface area contributed by atoms with E-state index in [0.29, 0.717) is 17.6 Å². The van der Waals surface area contributed by atoms with Gasteiger partial charge >= 0.3 is 0 Å². The fraction of sp³-hybridized carbons (Fsp3) is 0.909. The molecule has 0 unspecified atom stereocenters. The maximum absolute atomic E-state index is 11.2. The average molecular weight is 168 g/mol. The van der Waals surface area contributed by atoms with Crippen molar-refractivity contribution >= 4 is 5.78 Å². The molecule has 1 aliphatic carbocycles. The van der Waals surface area contributed by atoms with E-state index >= 15 is 0 Å². The summed E-state index contributed by atoms with van der Waals surface area (Å²) < 4.78 is 0. The molecule has 1 fully saturated rings. The van der Waals surface area contributed by atoms with E-state index in [1.165, 1.54) is 25.7 Å². The largest absolute Gasteiger partial charge is 0.299 e. The molecule has 12 heavy (non-hydrogen) atoms. The van der Waals surface area contributed by atoms with Crippen molar-refractivity contribution in [1.82, 2.24) is 0 Å². The highest BCUT2D eigenvalue weighted by Crippen LogP contribution is 2.32. The molecule has 1 heteroatoms. The quantitative estimate of drug-likeness (QED) is 0.589. The molecule has 0 aliphatic heterocycles. The van der Waals surface area contributed by atoms with E-state index in [0.717, 1.165) is 12.8 Å². The van der Waals surface area contributed by atoms with E-state index in [2.05, 4.69) is 13.8 Å². The second kappa shape index (κ2) is 4.64. The summed E-state index contributed by atoms with van der Waals surface area (Å²) in [5.41, 5.74) is 0. The molecular weight excluding hydrogens is 148 g/mol. The second-order valence-corrected chi connectivity index (χ2v) is 4.05. The Kier molecular flexibility index (Phi) is 3.77. The number of unbranched alkanes of at least 4 members (excludes halogenated alkanes) is 2. The predicted molar refractivity (Wildman–Crippen MR) is 51.0 cm³/mol. The van der Waals surface area contributed by atoms with Gasteiger partial charge in [0.2, 0.25) is 0 Å². The van der Waals surface area contributed by atoms with E-state index in [1.54, 1.807) is 0 Å². The molecule has 0 radical (unpaired) electrons. The minimum Gasteiger partial charge on any atom is -0.299 e. The van der Waals surface area contributed by atoms with Gasteiger partial charge in [-0.3, -0.25) is 4.79 Å². The lowest BCUT2D eigenvalue weighted by Gasteiger charge is -2.12. The smallest absolute Gasteiger partial charge is 0.135 e. The van der Waals surface area contributed by atoms with Crippen molar-refractivity contribution in [1.29, 1.82) is 0 Å². The van der Waals surface area contributed by atoms with Crippen LogP contribution in [0, 0.1) is 11.8 Å². The molecular formula is C11H20O. The Morgan fingerprint density at radius 1 is 1.42 bits per heavy atom. The fourth-order valence-corrected chi connectivity index (χ4v) is 2.12. The number of hydrogen-bond donors (Lipinski definition) is 0. The summed E-state index contributed by atoms with van der Waals surface area (Å²) in [4.78, 5) is 11.2. The van der Waals surface area contributed by atoms with Crippen molar-refractivity contribution in [2.24, 2.45) is 11.8 Å². The topological polar surface area (TPSA) is 17.1 Å². The highest BCUT2D eigenvalue weighted by molar-refractivity contribution is 5.82. The van der Waals surface area contributed by atoms with Crippen molar-refractivity contribution in [3.8, 4) is 0 Å². The minimum absolute atomic E-state index is 0.363. The first-order chi connectivity index (χ1) is 5.75. The summed E-state index contributed by atoms with van der Waals surface area (Å²) in [5.74, 6) is 1.57. The summed E-state index contributed by atoms with van der Waals surface area (Å²) in [6, 6.07) is 0. The molecule has 2 atom stereocenters. The van der Waals surface area contributed by atoms with Crippen LogP contribution in [0.4, 0.5) is 0 Å². The van der Waals surface area contributed by atoms with Crippen LogP contribution in [0.2, 0.25) is 0 Å². The number of hydrogen-bond acceptors (Lipinski definition) is 1. The zero-order valence-electron chi connectivity index (χ0n) is 8.31. The van der Waals surface area contributed by atoms with Crippen LogP contribution >= 0.6 is 0 Å². The van der Waals surface area contributed by atoms with Crippen LogP contribution < -0.4 is 0 Å². The Morgan fingerprint density at radius 2 is 2.17 bits per heavy atom. The molecule has 0 aromatic heterocycles. The van der Waals surface area contributed by atoms with E-state index in [-0.39, 0.29) is 0 Å². The lowest BCUT2D eigenvalue weighted by atomic mass is 9.92. The SMILES string of the molecule is CCCCC[C@@H]1CCC(=O)[C@H]1C. The maximum atomic E-state index is 11.2. The standard InChI is InChI=1S/C11H20O/c1-3-4-5-6-10-7-8-11(12)9(10)2/h9-10H,3-8H2,1-2H3/t9-,10+/m0/s1. The van der Waals surface area contributed by atoms with Gasteiger partial charge in [-0.15, -0.1) is 0 Å². The molecule has 0 spiro atoms. The van der Waals surface area contributed by atoms with Gasteiger partial charge in [-0.2, -0.15) is 0 Å². The first-order valence-electron chi connectivity index (χ1n) is 5.28. The summed E-state index contributed by atoms with van der Waals surface area (Å²) in [6.07, 6.45) is 7.22. The third-order valence-electron chi connectivity index (χ3n) is 3.15. The third kappa shape index (κ3) is 2.33. The van der Waals surface area contributed by atoms with Crippen molar-refractivity contribution in [2.75, 3.05) is 0 Å². The number of ketones is 1. The first kappa shape index (κ1) is 9.76. The Balaban J connectivity index is 2.20. The molecule has 1 rings (SSSR count). The lowest BCUT2D eigenvalue weighted by molar-refractivity contribution is -0.120. The summed E-state index contributed by atoms with van der Waals surface area (Å²) in [5, 5.41) is 0. The summed E-state index contributed by atoms with van der Waals surface area (Å²) in [6.45, 7) is 4.33. The molecule has 1 aliphatic rings. The van der Waals surface area contributed by atoms with E-state index in [4.69, 9.17) is 0 Å². The minimum atomic E-state index is 0.363. The van der Waals surface area contributed by atoms with E-state index in [1.807, 2.05) is 0 Å². The molecule has 0 amide bonds. The van der Waals surface area contributed by atoms with Crippen LogP contribution in [0.3, 0.4) is 0 Å².